The average Bonchev–Trinajstić information content (AvgIpc) is 3.55. The third kappa shape index (κ3) is 2.86. The van der Waals surface area contributed by atoms with Gasteiger partial charge >= 0.3 is 0 Å². The highest BCUT2D eigenvalue weighted by atomic mass is 14.3. The fourth-order valence-electron chi connectivity index (χ4n) is 7.68. The lowest BCUT2D eigenvalue weighted by Gasteiger charge is -2.15. The van der Waals surface area contributed by atoms with Gasteiger partial charge < -0.3 is 0 Å². The van der Waals surface area contributed by atoms with Gasteiger partial charge in [0.15, 0.2) is 0 Å². The van der Waals surface area contributed by atoms with Crippen molar-refractivity contribution in [1.82, 2.24) is 0 Å². The Morgan fingerprint density at radius 3 is 1.10 bits per heavy atom. The molecule has 2 aliphatic rings. The van der Waals surface area contributed by atoms with Crippen LogP contribution in [0.5, 0.6) is 0 Å². The maximum atomic E-state index is 2.42. The van der Waals surface area contributed by atoms with E-state index in [1.54, 1.807) is 0 Å². The highest BCUT2D eigenvalue weighted by Crippen LogP contribution is 2.59. The quantitative estimate of drug-likeness (QED) is 0.196. The Morgan fingerprint density at radius 2 is 0.619 bits per heavy atom. The number of fused-ring (bicyclic) bond motifs is 8. The molecule has 0 saturated heterocycles. The first-order chi connectivity index (χ1) is 20.8. The fourth-order valence-corrected chi connectivity index (χ4v) is 7.68. The first-order valence-electron chi connectivity index (χ1n) is 14.7. The molecule has 0 saturated carbocycles. The molecule has 192 valence electrons. The topological polar surface area (TPSA) is 0 Å². The maximum Gasteiger partial charge on any atom is -0.00134 e. The van der Waals surface area contributed by atoms with Crippen LogP contribution in [-0.4, -0.2) is 0 Å². The van der Waals surface area contributed by atoms with Gasteiger partial charge in [-0.15, -0.1) is 0 Å². The van der Waals surface area contributed by atoms with Gasteiger partial charge in [0.2, 0.25) is 0 Å². The maximum absolute atomic E-state index is 2.42. The molecule has 8 aromatic carbocycles. The second-order valence-electron chi connectivity index (χ2n) is 11.7. The molecule has 0 nitrogen and oxygen atoms in total. The predicted molar refractivity (Wildman–Crippen MR) is 179 cm³/mol. The van der Waals surface area contributed by atoms with Crippen molar-refractivity contribution in [3.05, 3.63) is 146 Å². The van der Waals surface area contributed by atoms with Crippen LogP contribution in [0.15, 0.2) is 146 Å². The lowest BCUT2D eigenvalue weighted by molar-refractivity contribution is 1.59. The van der Waals surface area contributed by atoms with Gasteiger partial charge in [-0.05, 0) is 123 Å². The Balaban J connectivity index is 1.29. The van der Waals surface area contributed by atoms with Crippen LogP contribution in [0.4, 0.5) is 0 Å². The molecule has 0 N–H and O–H groups in total. The largest absolute Gasteiger partial charge is 0.0622 e. The molecule has 42 heavy (non-hydrogen) atoms. The fraction of sp³-hybridized carbons (Fsp3) is 0. The van der Waals surface area contributed by atoms with E-state index in [2.05, 4.69) is 146 Å². The molecule has 2 aliphatic carbocycles. The van der Waals surface area contributed by atoms with E-state index >= 15 is 0 Å². The molecule has 8 aromatic rings. The van der Waals surface area contributed by atoms with E-state index in [1.165, 1.54) is 99.1 Å². The normalized spacial score (nSPS) is 12.3. The molecule has 0 radical (unpaired) electrons. The zero-order chi connectivity index (χ0) is 27.4. The summed E-state index contributed by atoms with van der Waals surface area (Å²) in [6.45, 7) is 0. The summed E-state index contributed by atoms with van der Waals surface area (Å²) in [5, 5.41) is 7.97. The summed E-state index contributed by atoms with van der Waals surface area (Å²) in [7, 11) is 0. The van der Waals surface area contributed by atoms with Crippen LogP contribution in [0, 0.1) is 0 Å². The summed E-state index contributed by atoms with van der Waals surface area (Å²) in [4.78, 5) is 0. The average molecular weight is 529 g/mol. The third-order valence-electron chi connectivity index (χ3n) is 9.50. The first-order valence-corrected chi connectivity index (χ1v) is 14.7. The van der Waals surface area contributed by atoms with Crippen molar-refractivity contribution >= 4 is 32.3 Å². The molecule has 0 bridgehead atoms. The molecule has 0 aromatic heterocycles. The van der Waals surface area contributed by atoms with Crippen LogP contribution in [-0.2, 0) is 0 Å². The first kappa shape index (κ1) is 22.3. The van der Waals surface area contributed by atoms with Crippen molar-refractivity contribution in [3.8, 4) is 66.8 Å². The standard InChI is InChI=1S/C42H24/c1-3-9-25(10-4-1)31-15-16-32(26-11-5-2-6-12-26)40-36-20-18-34-38-24-30-22-28-14-8-7-13-27(28)21-29(30)23-37(38)33-17-19-35(39(31)40)42(36)41(33)34/h1-24H. The highest BCUT2D eigenvalue weighted by Gasteiger charge is 2.32. The third-order valence-corrected chi connectivity index (χ3v) is 9.50. The number of hydrogen-bond donors (Lipinski definition) is 0. The van der Waals surface area contributed by atoms with Gasteiger partial charge in [-0.1, -0.05) is 121 Å². The van der Waals surface area contributed by atoms with Crippen LogP contribution < -0.4 is 0 Å². The monoisotopic (exact) mass is 528 g/mol. The summed E-state index contributed by atoms with van der Waals surface area (Å²) in [6, 6.07) is 54.1. The van der Waals surface area contributed by atoms with Gasteiger partial charge in [0.1, 0.15) is 0 Å². The number of hydrogen-bond acceptors (Lipinski definition) is 0. The molecule has 0 unspecified atom stereocenters. The Bertz CT molecular complexity index is 2260. The molecular formula is C42H24. The van der Waals surface area contributed by atoms with Gasteiger partial charge in [0, 0.05) is 0 Å². The minimum absolute atomic E-state index is 1.26. The van der Waals surface area contributed by atoms with Crippen molar-refractivity contribution in [1.29, 1.82) is 0 Å². The van der Waals surface area contributed by atoms with Crippen molar-refractivity contribution in [2.24, 2.45) is 0 Å². The highest BCUT2D eigenvalue weighted by molar-refractivity contribution is 6.29. The van der Waals surface area contributed by atoms with Crippen LogP contribution in [0.1, 0.15) is 0 Å². The molecule has 0 aliphatic heterocycles. The van der Waals surface area contributed by atoms with E-state index in [1.807, 2.05) is 0 Å². The SMILES string of the molecule is c1ccc(-c2ccc(-c3ccccc3)c3c2-c2ccc4c5c(ccc-3c25)-c2cc3cc5ccccc5cc3cc2-4)cc1. The van der Waals surface area contributed by atoms with Gasteiger partial charge in [0.05, 0.1) is 0 Å². The summed E-state index contributed by atoms with van der Waals surface area (Å²) in [5.41, 5.74) is 15.9. The molecule has 0 spiro atoms. The number of rotatable bonds is 2. The molecule has 0 fully saturated rings. The summed E-state index contributed by atoms with van der Waals surface area (Å²) < 4.78 is 0. The van der Waals surface area contributed by atoms with Crippen molar-refractivity contribution < 1.29 is 0 Å². The Hall–Kier alpha value is -5.46. The lowest BCUT2D eigenvalue weighted by atomic mass is 9.87. The molecule has 0 atom stereocenters. The van der Waals surface area contributed by atoms with E-state index in [9.17, 15) is 0 Å². The number of benzene rings is 8. The van der Waals surface area contributed by atoms with E-state index < -0.39 is 0 Å². The van der Waals surface area contributed by atoms with E-state index in [0.29, 0.717) is 0 Å². The minimum Gasteiger partial charge on any atom is -0.0622 e. The van der Waals surface area contributed by atoms with Gasteiger partial charge in [0.25, 0.3) is 0 Å². The molecule has 0 heteroatoms. The second kappa shape index (κ2) is 8.06. The van der Waals surface area contributed by atoms with Crippen molar-refractivity contribution in [2.45, 2.75) is 0 Å². The van der Waals surface area contributed by atoms with Gasteiger partial charge in [-0.2, -0.15) is 0 Å². The van der Waals surface area contributed by atoms with E-state index in [-0.39, 0.29) is 0 Å². The molecule has 0 heterocycles. The Kier molecular flexibility index (Phi) is 4.27. The second-order valence-corrected chi connectivity index (χ2v) is 11.7. The predicted octanol–water partition coefficient (Wildman–Crippen LogP) is 11.8. The smallest absolute Gasteiger partial charge is 0.00134 e. The molecular weight excluding hydrogens is 504 g/mol. The van der Waals surface area contributed by atoms with Crippen molar-refractivity contribution in [2.75, 3.05) is 0 Å². The zero-order valence-corrected chi connectivity index (χ0v) is 22.9. The van der Waals surface area contributed by atoms with Gasteiger partial charge in [-0.3, -0.25) is 0 Å². The Morgan fingerprint density at radius 1 is 0.238 bits per heavy atom. The van der Waals surface area contributed by atoms with E-state index in [4.69, 9.17) is 0 Å². The summed E-state index contributed by atoms with van der Waals surface area (Å²) in [6.07, 6.45) is 0. The van der Waals surface area contributed by atoms with E-state index in [0.717, 1.165) is 0 Å². The minimum atomic E-state index is 1.26. The van der Waals surface area contributed by atoms with Gasteiger partial charge in [-0.25, -0.2) is 0 Å². The zero-order valence-electron chi connectivity index (χ0n) is 22.9. The lowest BCUT2D eigenvalue weighted by Crippen LogP contribution is -1.89. The Labute approximate surface area is 244 Å². The van der Waals surface area contributed by atoms with Crippen LogP contribution in [0.25, 0.3) is 99.1 Å². The summed E-state index contributed by atoms with van der Waals surface area (Å²) >= 11 is 0. The van der Waals surface area contributed by atoms with Crippen molar-refractivity contribution in [3.63, 3.8) is 0 Å². The van der Waals surface area contributed by atoms with Crippen LogP contribution >= 0.6 is 0 Å². The molecule has 10 rings (SSSR count). The molecule has 0 amide bonds. The summed E-state index contributed by atoms with van der Waals surface area (Å²) in [5.74, 6) is 0. The van der Waals surface area contributed by atoms with Crippen LogP contribution in [0.2, 0.25) is 0 Å². The van der Waals surface area contributed by atoms with Crippen LogP contribution in [0.3, 0.4) is 0 Å².